The molecule has 9 heteroatoms. The van der Waals surface area contributed by atoms with Crippen molar-refractivity contribution in [1.82, 2.24) is 19.3 Å². The molecule has 1 N–H and O–H groups in total. The summed E-state index contributed by atoms with van der Waals surface area (Å²) in [4.78, 5) is 8.91. The lowest BCUT2D eigenvalue weighted by Gasteiger charge is -2.26. The number of fused-ring (bicyclic) bond motifs is 1. The van der Waals surface area contributed by atoms with E-state index in [1.165, 1.54) is 18.5 Å². The van der Waals surface area contributed by atoms with Crippen LogP contribution in [0.15, 0.2) is 53.7 Å². The summed E-state index contributed by atoms with van der Waals surface area (Å²) in [6.45, 7) is 0. The highest BCUT2D eigenvalue weighted by Gasteiger charge is 2.26. The fraction of sp³-hybridized carbons (Fsp3) is 0.190. The molecule has 0 bridgehead atoms. The molecule has 3 heterocycles. The SMILES string of the molecule is N#Cc1c(-c2ccc(S(=O)(=O)NC3CCC3)cn2)n(C2=CC=C2)c2ncc(Cl)cc12. The molecule has 3 aromatic heterocycles. The summed E-state index contributed by atoms with van der Waals surface area (Å²) < 4.78 is 29.7. The van der Waals surface area contributed by atoms with E-state index in [4.69, 9.17) is 11.6 Å². The van der Waals surface area contributed by atoms with E-state index in [2.05, 4.69) is 20.8 Å². The van der Waals surface area contributed by atoms with E-state index in [0.717, 1.165) is 25.0 Å². The van der Waals surface area contributed by atoms with Gasteiger partial charge in [-0.05, 0) is 43.2 Å². The van der Waals surface area contributed by atoms with Crippen molar-refractivity contribution in [2.24, 2.45) is 0 Å². The van der Waals surface area contributed by atoms with E-state index in [0.29, 0.717) is 33.0 Å². The average molecular weight is 438 g/mol. The average Bonchev–Trinajstić information content (AvgIpc) is 2.97. The molecule has 1 fully saturated rings. The van der Waals surface area contributed by atoms with Gasteiger partial charge in [0.25, 0.3) is 0 Å². The quantitative estimate of drug-likeness (QED) is 0.653. The molecule has 5 rings (SSSR count). The first-order valence-electron chi connectivity index (χ1n) is 9.45. The van der Waals surface area contributed by atoms with Crippen LogP contribution in [0, 0.1) is 11.3 Å². The van der Waals surface area contributed by atoms with E-state index in [1.54, 1.807) is 12.1 Å². The minimum Gasteiger partial charge on any atom is -0.291 e. The maximum absolute atomic E-state index is 12.6. The molecule has 0 amide bonds. The van der Waals surface area contributed by atoms with Crippen LogP contribution in [0.5, 0.6) is 0 Å². The van der Waals surface area contributed by atoms with E-state index in [-0.39, 0.29) is 10.9 Å². The van der Waals surface area contributed by atoms with Gasteiger partial charge in [0.1, 0.15) is 16.6 Å². The molecule has 0 spiro atoms. The fourth-order valence-electron chi connectivity index (χ4n) is 3.57. The molecule has 0 aliphatic heterocycles. The molecular weight excluding hydrogens is 422 g/mol. The first kappa shape index (κ1) is 19.0. The van der Waals surface area contributed by atoms with Gasteiger partial charge in [0.15, 0.2) is 0 Å². The number of hydrogen-bond acceptors (Lipinski definition) is 5. The minimum atomic E-state index is -3.62. The molecule has 0 unspecified atom stereocenters. The summed E-state index contributed by atoms with van der Waals surface area (Å²) in [5.41, 5.74) is 2.86. The Labute approximate surface area is 178 Å². The molecule has 3 aromatic rings. The Balaban J connectivity index is 1.63. The van der Waals surface area contributed by atoms with Gasteiger partial charge in [-0.1, -0.05) is 24.1 Å². The first-order chi connectivity index (χ1) is 14.5. The van der Waals surface area contributed by atoms with E-state index in [9.17, 15) is 13.7 Å². The van der Waals surface area contributed by atoms with Crippen molar-refractivity contribution in [3.05, 3.63) is 59.4 Å². The lowest BCUT2D eigenvalue weighted by Crippen LogP contribution is -2.39. The molecule has 2 aliphatic rings. The van der Waals surface area contributed by atoms with Crippen molar-refractivity contribution in [2.45, 2.75) is 30.2 Å². The third kappa shape index (κ3) is 3.03. The monoisotopic (exact) mass is 437 g/mol. The molecule has 2 aliphatic carbocycles. The third-order valence-corrected chi connectivity index (χ3v) is 7.11. The van der Waals surface area contributed by atoms with Gasteiger partial charge in [0.05, 0.1) is 22.0 Å². The summed E-state index contributed by atoms with van der Waals surface area (Å²) >= 11 is 6.11. The fourth-order valence-corrected chi connectivity index (χ4v) is 4.98. The number of nitrogens with zero attached hydrogens (tertiary/aromatic N) is 4. The van der Waals surface area contributed by atoms with Crippen LogP contribution in [-0.2, 0) is 10.0 Å². The van der Waals surface area contributed by atoms with Gasteiger partial charge in [-0.25, -0.2) is 18.1 Å². The van der Waals surface area contributed by atoms with Crippen molar-refractivity contribution in [2.75, 3.05) is 0 Å². The number of pyridine rings is 2. The van der Waals surface area contributed by atoms with Gasteiger partial charge in [0.2, 0.25) is 10.0 Å². The van der Waals surface area contributed by atoms with Crippen LogP contribution >= 0.6 is 11.6 Å². The normalized spacial score (nSPS) is 16.1. The van der Waals surface area contributed by atoms with Crippen molar-refractivity contribution >= 4 is 38.4 Å². The molecular formula is C21H16ClN5O2S. The molecule has 7 nitrogen and oxygen atoms in total. The van der Waals surface area contributed by atoms with Crippen LogP contribution in [0.1, 0.15) is 24.8 Å². The summed E-state index contributed by atoms with van der Waals surface area (Å²) in [5, 5.41) is 10.9. The number of aromatic nitrogens is 3. The van der Waals surface area contributed by atoms with Gasteiger partial charge >= 0.3 is 0 Å². The number of allylic oxidation sites excluding steroid dienone is 4. The summed E-state index contributed by atoms with van der Waals surface area (Å²) in [6.07, 6.45) is 11.3. The van der Waals surface area contributed by atoms with Gasteiger partial charge in [-0.3, -0.25) is 9.55 Å². The Morgan fingerprint density at radius 2 is 2.03 bits per heavy atom. The highest BCUT2D eigenvalue weighted by atomic mass is 35.5. The lowest BCUT2D eigenvalue weighted by molar-refractivity contribution is 0.383. The number of sulfonamides is 1. The molecule has 30 heavy (non-hydrogen) atoms. The zero-order valence-electron chi connectivity index (χ0n) is 15.7. The Bertz CT molecular complexity index is 1380. The van der Waals surface area contributed by atoms with E-state index >= 15 is 0 Å². The lowest BCUT2D eigenvalue weighted by atomic mass is 9.94. The zero-order chi connectivity index (χ0) is 20.9. The summed E-state index contributed by atoms with van der Waals surface area (Å²) in [5.74, 6) is 0. The Morgan fingerprint density at radius 3 is 2.60 bits per heavy atom. The summed E-state index contributed by atoms with van der Waals surface area (Å²) in [6, 6.07) is 7.06. The third-order valence-electron chi connectivity index (χ3n) is 5.40. The predicted molar refractivity (Wildman–Crippen MR) is 114 cm³/mol. The van der Waals surface area contributed by atoms with Crippen LogP contribution in [0.3, 0.4) is 0 Å². The molecule has 0 aromatic carbocycles. The number of halogens is 1. The van der Waals surface area contributed by atoms with Crippen molar-refractivity contribution in [3.8, 4) is 17.5 Å². The highest BCUT2D eigenvalue weighted by molar-refractivity contribution is 7.89. The first-order valence-corrected chi connectivity index (χ1v) is 11.3. The molecule has 1 saturated carbocycles. The Morgan fingerprint density at radius 1 is 1.23 bits per heavy atom. The highest BCUT2D eigenvalue weighted by Crippen LogP contribution is 2.37. The smallest absolute Gasteiger partial charge is 0.242 e. The maximum atomic E-state index is 12.6. The summed E-state index contributed by atoms with van der Waals surface area (Å²) in [7, 11) is -3.62. The van der Waals surface area contributed by atoms with Crippen molar-refractivity contribution in [3.63, 3.8) is 0 Å². The number of rotatable bonds is 5. The second-order valence-electron chi connectivity index (χ2n) is 7.27. The topological polar surface area (TPSA) is 101 Å². The van der Waals surface area contributed by atoms with E-state index in [1.807, 2.05) is 22.8 Å². The number of nitriles is 1. The molecule has 0 radical (unpaired) electrons. The second kappa shape index (κ2) is 7.06. The molecule has 0 saturated heterocycles. The van der Waals surface area contributed by atoms with Crippen LogP contribution in [-0.4, -0.2) is 29.0 Å². The zero-order valence-corrected chi connectivity index (χ0v) is 17.3. The molecule has 150 valence electrons. The van der Waals surface area contributed by atoms with Crippen LogP contribution in [0.25, 0.3) is 28.1 Å². The maximum Gasteiger partial charge on any atom is 0.242 e. The minimum absolute atomic E-state index is 0.00411. The second-order valence-corrected chi connectivity index (χ2v) is 9.42. The van der Waals surface area contributed by atoms with Crippen molar-refractivity contribution in [1.29, 1.82) is 5.26 Å². The van der Waals surface area contributed by atoms with Gasteiger partial charge in [0, 0.05) is 29.5 Å². The number of hydrogen-bond donors (Lipinski definition) is 1. The van der Waals surface area contributed by atoms with Gasteiger partial charge in [-0.15, -0.1) is 0 Å². The van der Waals surface area contributed by atoms with Gasteiger partial charge in [-0.2, -0.15) is 5.26 Å². The number of nitrogens with one attached hydrogen (secondary N) is 1. The van der Waals surface area contributed by atoms with E-state index < -0.39 is 10.0 Å². The standard InChI is InChI=1S/C21H16ClN5O2S/c22-13-9-17-18(10-23)20(27(15-5-2-6-15)21(17)25-11-13)19-8-7-16(12-24-19)30(28,29)26-14-3-1-4-14/h2,5-9,11-12,14,26H,1,3-4H2. The largest absolute Gasteiger partial charge is 0.291 e. The van der Waals surface area contributed by atoms with Crippen LogP contribution in [0.4, 0.5) is 0 Å². The van der Waals surface area contributed by atoms with Crippen LogP contribution < -0.4 is 4.72 Å². The Kier molecular flexibility index (Phi) is 4.47. The predicted octanol–water partition coefficient (Wildman–Crippen LogP) is 3.86. The van der Waals surface area contributed by atoms with Crippen LogP contribution in [0.2, 0.25) is 5.02 Å². The Hall–Kier alpha value is -2.99. The van der Waals surface area contributed by atoms with Crippen molar-refractivity contribution < 1.29 is 8.42 Å². The molecule has 0 atom stereocenters. The van der Waals surface area contributed by atoms with Gasteiger partial charge < -0.3 is 0 Å².